The third-order valence-electron chi connectivity index (χ3n) is 3.71. The van der Waals surface area contributed by atoms with Gasteiger partial charge in [0.2, 0.25) is 5.91 Å². The molecule has 1 aromatic carbocycles. The van der Waals surface area contributed by atoms with Crippen molar-refractivity contribution in [2.24, 2.45) is 0 Å². The van der Waals surface area contributed by atoms with E-state index in [9.17, 15) is 14.4 Å². The van der Waals surface area contributed by atoms with Gasteiger partial charge in [-0.15, -0.1) is 11.3 Å². The number of imide groups is 1. The SMILES string of the molecule is CNC(=O)NC(=O)Cn1cnc2sc(C)c(-c3ccccc3)c2c1=O. The molecule has 25 heavy (non-hydrogen) atoms. The minimum absolute atomic E-state index is 0.279. The summed E-state index contributed by atoms with van der Waals surface area (Å²) in [4.78, 5) is 41.9. The Bertz CT molecular complexity index is 1010. The van der Waals surface area contributed by atoms with Gasteiger partial charge in [-0.2, -0.15) is 0 Å². The number of urea groups is 1. The molecule has 0 saturated heterocycles. The average molecular weight is 356 g/mol. The molecule has 2 heterocycles. The lowest BCUT2D eigenvalue weighted by atomic mass is 10.0. The number of nitrogens with one attached hydrogen (secondary N) is 2. The number of thiophene rings is 1. The topological polar surface area (TPSA) is 93.1 Å². The number of amides is 3. The minimum Gasteiger partial charge on any atom is -0.341 e. The van der Waals surface area contributed by atoms with Gasteiger partial charge in [-0.3, -0.25) is 19.5 Å². The molecule has 3 aromatic rings. The van der Waals surface area contributed by atoms with E-state index in [0.717, 1.165) is 16.0 Å². The van der Waals surface area contributed by atoms with Gasteiger partial charge in [0.25, 0.3) is 5.56 Å². The second-order valence-corrected chi connectivity index (χ2v) is 6.59. The summed E-state index contributed by atoms with van der Waals surface area (Å²) in [5.41, 5.74) is 1.46. The molecule has 0 fully saturated rings. The number of fused-ring (bicyclic) bond motifs is 1. The maximum Gasteiger partial charge on any atom is 0.321 e. The molecule has 0 saturated carbocycles. The van der Waals surface area contributed by atoms with Crippen LogP contribution in [-0.2, 0) is 11.3 Å². The van der Waals surface area contributed by atoms with Gasteiger partial charge in [0.15, 0.2) is 0 Å². The number of aromatic nitrogens is 2. The van der Waals surface area contributed by atoms with Crippen molar-refractivity contribution in [2.75, 3.05) is 7.05 Å². The molecular weight excluding hydrogens is 340 g/mol. The molecule has 0 radical (unpaired) electrons. The van der Waals surface area contributed by atoms with E-state index in [4.69, 9.17) is 0 Å². The van der Waals surface area contributed by atoms with Gasteiger partial charge in [-0.1, -0.05) is 30.3 Å². The number of nitrogens with zero attached hydrogens (tertiary/aromatic N) is 2. The van der Waals surface area contributed by atoms with Gasteiger partial charge in [-0.25, -0.2) is 9.78 Å². The molecule has 0 aliphatic carbocycles. The van der Waals surface area contributed by atoms with E-state index in [-0.39, 0.29) is 12.1 Å². The predicted molar refractivity (Wildman–Crippen MR) is 96.7 cm³/mol. The summed E-state index contributed by atoms with van der Waals surface area (Å²) in [6, 6.07) is 8.97. The van der Waals surface area contributed by atoms with Crippen LogP contribution < -0.4 is 16.2 Å². The lowest BCUT2D eigenvalue weighted by Crippen LogP contribution is -2.40. The van der Waals surface area contributed by atoms with Crippen molar-refractivity contribution >= 4 is 33.5 Å². The molecular formula is C17H16N4O3S. The van der Waals surface area contributed by atoms with E-state index < -0.39 is 11.9 Å². The van der Waals surface area contributed by atoms with Crippen LogP contribution in [-0.4, -0.2) is 28.5 Å². The summed E-state index contributed by atoms with van der Waals surface area (Å²) in [5, 5.41) is 4.91. The molecule has 0 aliphatic heterocycles. The molecule has 8 heteroatoms. The highest BCUT2D eigenvalue weighted by Gasteiger charge is 2.18. The van der Waals surface area contributed by atoms with Gasteiger partial charge in [0, 0.05) is 17.5 Å². The van der Waals surface area contributed by atoms with Crippen LogP contribution in [0.3, 0.4) is 0 Å². The molecule has 0 bridgehead atoms. The first-order chi connectivity index (χ1) is 12.0. The molecule has 3 rings (SSSR count). The van der Waals surface area contributed by atoms with Crippen LogP contribution in [0.4, 0.5) is 4.79 Å². The zero-order chi connectivity index (χ0) is 18.0. The maximum absolute atomic E-state index is 12.9. The summed E-state index contributed by atoms with van der Waals surface area (Å²) >= 11 is 1.44. The van der Waals surface area contributed by atoms with Crippen LogP contribution in [0.5, 0.6) is 0 Å². The van der Waals surface area contributed by atoms with E-state index in [1.807, 2.05) is 37.3 Å². The second-order valence-electron chi connectivity index (χ2n) is 5.38. The van der Waals surface area contributed by atoms with Crippen molar-refractivity contribution in [2.45, 2.75) is 13.5 Å². The number of carbonyl (C=O) groups is 2. The van der Waals surface area contributed by atoms with E-state index in [1.165, 1.54) is 29.3 Å². The summed E-state index contributed by atoms with van der Waals surface area (Å²) in [6.45, 7) is 1.66. The summed E-state index contributed by atoms with van der Waals surface area (Å²) < 4.78 is 1.21. The Morgan fingerprint density at radius 3 is 2.64 bits per heavy atom. The highest BCUT2D eigenvalue weighted by atomic mass is 32.1. The number of aryl methyl sites for hydroxylation is 1. The molecule has 0 atom stereocenters. The third kappa shape index (κ3) is 3.29. The van der Waals surface area contributed by atoms with Crippen molar-refractivity contribution in [3.05, 3.63) is 51.9 Å². The van der Waals surface area contributed by atoms with Gasteiger partial charge < -0.3 is 5.32 Å². The van der Waals surface area contributed by atoms with Crippen LogP contribution in [0, 0.1) is 6.92 Å². The molecule has 7 nitrogen and oxygen atoms in total. The van der Waals surface area contributed by atoms with Crippen molar-refractivity contribution in [1.29, 1.82) is 0 Å². The standard InChI is InChI=1S/C17H16N4O3S/c1-10-13(11-6-4-3-5-7-11)14-15(25-10)19-9-21(16(14)23)8-12(22)20-17(24)18-2/h3-7,9H,8H2,1-2H3,(H2,18,20,22,24). The molecule has 2 N–H and O–H groups in total. The predicted octanol–water partition coefficient (Wildman–Crippen LogP) is 1.89. The maximum atomic E-state index is 12.9. The number of carbonyl (C=O) groups excluding carboxylic acids is 2. The Balaban J connectivity index is 2.06. The fourth-order valence-electron chi connectivity index (χ4n) is 2.59. The van der Waals surface area contributed by atoms with Crippen molar-refractivity contribution in [3.8, 4) is 11.1 Å². The monoisotopic (exact) mass is 356 g/mol. The molecule has 3 amide bonds. The zero-order valence-corrected chi connectivity index (χ0v) is 14.5. The summed E-state index contributed by atoms with van der Waals surface area (Å²) in [7, 11) is 1.41. The first kappa shape index (κ1) is 16.8. The highest BCUT2D eigenvalue weighted by molar-refractivity contribution is 7.19. The van der Waals surface area contributed by atoms with Gasteiger partial charge in [0.05, 0.1) is 11.7 Å². The van der Waals surface area contributed by atoms with Crippen LogP contribution in [0.15, 0.2) is 41.5 Å². The number of hydrogen-bond donors (Lipinski definition) is 2. The quantitative estimate of drug-likeness (QED) is 0.749. The molecule has 128 valence electrons. The van der Waals surface area contributed by atoms with E-state index in [2.05, 4.69) is 15.6 Å². The fraction of sp³-hybridized carbons (Fsp3) is 0.176. The molecule has 0 unspecified atom stereocenters. The number of rotatable bonds is 3. The van der Waals surface area contributed by atoms with Crippen molar-refractivity contribution in [3.63, 3.8) is 0 Å². The Labute approximate surface area is 147 Å². The molecule has 2 aromatic heterocycles. The molecule has 0 aliphatic rings. The first-order valence-electron chi connectivity index (χ1n) is 7.56. The van der Waals surface area contributed by atoms with Gasteiger partial charge in [0.1, 0.15) is 11.4 Å². The summed E-state index contributed by atoms with van der Waals surface area (Å²) in [6.07, 6.45) is 1.33. The Morgan fingerprint density at radius 1 is 1.24 bits per heavy atom. The zero-order valence-electron chi connectivity index (χ0n) is 13.7. The van der Waals surface area contributed by atoms with Crippen molar-refractivity contribution < 1.29 is 9.59 Å². The van der Waals surface area contributed by atoms with Crippen LogP contribution in [0.25, 0.3) is 21.3 Å². The first-order valence-corrected chi connectivity index (χ1v) is 8.38. The second kappa shape index (κ2) is 6.86. The fourth-order valence-corrected chi connectivity index (χ4v) is 3.59. The largest absolute Gasteiger partial charge is 0.341 e. The van der Waals surface area contributed by atoms with Crippen molar-refractivity contribution in [1.82, 2.24) is 20.2 Å². The highest BCUT2D eigenvalue weighted by Crippen LogP contribution is 2.35. The average Bonchev–Trinajstić information content (AvgIpc) is 2.95. The van der Waals surface area contributed by atoms with E-state index in [0.29, 0.717) is 10.2 Å². The van der Waals surface area contributed by atoms with Crippen LogP contribution in [0.1, 0.15) is 4.88 Å². The lowest BCUT2D eigenvalue weighted by molar-refractivity contribution is -0.120. The lowest BCUT2D eigenvalue weighted by Gasteiger charge is -2.07. The number of hydrogen-bond acceptors (Lipinski definition) is 5. The van der Waals surface area contributed by atoms with E-state index in [1.54, 1.807) is 0 Å². The minimum atomic E-state index is -0.622. The van der Waals surface area contributed by atoms with Crippen LogP contribution in [0.2, 0.25) is 0 Å². The Hall–Kier alpha value is -3.00. The normalized spacial score (nSPS) is 10.6. The number of benzene rings is 1. The Kier molecular flexibility index (Phi) is 4.62. The summed E-state index contributed by atoms with van der Waals surface area (Å²) in [5.74, 6) is -0.587. The van der Waals surface area contributed by atoms with Gasteiger partial charge >= 0.3 is 6.03 Å². The molecule has 0 spiro atoms. The van der Waals surface area contributed by atoms with E-state index >= 15 is 0 Å². The Morgan fingerprint density at radius 2 is 1.96 bits per heavy atom. The third-order valence-corrected chi connectivity index (χ3v) is 4.72. The van der Waals surface area contributed by atoms with Crippen LogP contribution >= 0.6 is 11.3 Å². The van der Waals surface area contributed by atoms with Gasteiger partial charge in [-0.05, 0) is 12.5 Å². The smallest absolute Gasteiger partial charge is 0.321 e.